The van der Waals surface area contributed by atoms with Crippen LogP contribution >= 0.6 is 0 Å². The number of carbonyl (C=O) groups excluding carboxylic acids is 1. The molecule has 0 aliphatic carbocycles. The molecule has 1 aromatic carbocycles. The molecule has 0 radical (unpaired) electrons. The molecule has 0 spiro atoms. The standard InChI is InChI=1S/C11H13N3O6/c1-3-6(2)12-10-8(13(17)18)4-7(11(15)16)5-9(10)14(19)20/h4-6,12H,3H2,1-2H3,(H,15,16)/p-1/t6-/m0/s1. The normalized spacial score (nSPS) is 11.7. The molecular formula is C11H12N3O6-. The molecule has 1 N–H and O–H groups in total. The number of carboxylic acids is 1. The lowest BCUT2D eigenvalue weighted by Crippen LogP contribution is -2.23. The van der Waals surface area contributed by atoms with Crippen LogP contribution < -0.4 is 10.4 Å². The van der Waals surface area contributed by atoms with Crippen molar-refractivity contribution in [2.24, 2.45) is 0 Å². The molecule has 9 nitrogen and oxygen atoms in total. The first-order chi connectivity index (χ1) is 9.27. The van der Waals surface area contributed by atoms with E-state index in [2.05, 4.69) is 5.32 Å². The molecular weight excluding hydrogens is 270 g/mol. The number of nitro benzene ring substituents is 2. The second-order valence-electron chi connectivity index (χ2n) is 4.14. The Bertz CT molecular complexity index is 536. The zero-order valence-electron chi connectivity index (χ0n) is 10.8. The van der Waals surface area contributed by atoms with Crippen LogP contribution in [0, 0.1) is 20.2 Å². The number of hydrogen-bond donors (Lipinski definition) is 1. The van der Waals surface area contributed by atoms with Gasteiger partial charge in [-0.05, 0) is 13.3 Å². The molecule has 0 saturated carbocycles. The fraction of sp³-hybridized carbons (Fsp3) is 0.364. The van der Waals surface area contributed by atoms with Gasteiger partial charge in [0.2, 0.25) is 0 Å². The summed E-state index contributed by atoms with van der Waals surface area (Å²) in [5.74, 6) is -1.72. The number of carbonyl (C=O) groups is 1. The number of anilines is 1. The van der Waals surface area contributed by atoms with Crippen LogP contribution in [0.2, 0.25) is 0 Å². The minimum absolute atomic E-state index is 0.249. The Labute approximate surface area is 113 Å². The first kappa shape index (κ1) is 15.3. The van der Waals surface area contributed by atoms with Crippen LogP contribution in [0.1, 0.15) is 30.6 Å². The van der Waals surface area contributed by atoms with Crippen molar-refractivity contribution in [2.45, 2.75) is 26.3 Å². The smallest absolute Gasteiger partial charge is 0.300 e. The summed E-state index contributed by atoms with van der Waals surface area (Å²) in [5.41, 5.74) is -2.25. The van der Waals surface area contributed by atoms with Crippen molar-refractivity contribution >= 4 is 23.0 Å². The van der Waals surface area contributed by atoms with Crippen molar-refractivity contribution in [3.63, 3.8) is 0 Å². The van der Waals surface area contributed by atoms with Crippen molar-refractivity contribution in [3.8, 4) is 0 Å². The van der Waals surface area contributed by atoms with Gasteiger partial charge in [0.15, 0.2) is 5.69 Å². The lowest BCUT2D eigenvalue weighted by Gasteiger charge is -2.14. The topological polar surface area (TPSA) is 138 Å². The van der Waals surface area contributed by atoms with Crippen LogP contribution in [-0.2, 0) is 0 Å². The minimum atomic E-state index is -1.72. The quantitative estimate of drug-likeness (QED) is 0.608. The van der Waals surface area contributed by atoms with E-state index < -0.39 is 32.8 Å². The highest BCUT2D eigenvalue weighted by atomic mass is 16.6. The zero-order chi connectivity index (χ0) is 15.4. The summed E-state index contributed by atoms with van der Waals surface area (Å²) in [4.78, 5) is 31.0. The first-order valence-corrected chi connectivity index (χ1v) is 5.72. The van der Waals surface area contributed by atoms with Crippen molar-refractivity contribution < 1.29 is 19.7 Å². The summed E-state index contributed by atoms with van der Waals surface area (Å²) >= 11 is 0. The predicted octanol–water partition coefficient (Wildman–Crippen LogP) is 1.08. The maximum atomic E-state index is 11.0. The molecule has 0 heterocycles. The Morgan fingerprint density at radius 2 is 1.70 bits per heavy atom. The van der Waals surface area contributed by atoms with Crippen molar-refractivity contribution in [3.05, 3.63) is 37.9 Å². The molecule has 9 heteroatoms. The predicted molar refractivity (Wildman–Crippen MR) is 67.5 cm³/mol. The summed E-state index contributed by atoms with van der Waals surface area (Å²) in [6, 6.07) is 1.24. The number of hydrogen-bond acceptors (Lipinski definition) is 7. The van der Waals surface area contributed by atoms with Gasteiger partial charge in [-0.2, -0.15) is 0 Å². The number of nitrogens with zero attached hydrogens (tertiary/aromatic N) is 2. The average Bonchev–Trinajstić information content (AvgIpc) is 2.37. The van der Waals surface area contributed by atoms with Crippen LogP contribution in [0.15, 0.2) is 12.1 Å². The van der Waals surface area contributed by atoms with Gasteiger partial charge < -0.3 is 15.2 Å². The Kier molecular flexibility index (Phi) is 4.57. The van der Waals surface area contributed by atoms with E-state index in [1.807, 2.05) is 0 Å². The number of nitro groups is 2. The van der Waals surface area contributed by atoms with Gasteiger partial charge >= 0.3 is 0 Å². The van der Waals surface area contributed by atoms with E-state index in [0.29, 0.717) is 6.42 Å². The summed E-state index contributed by atoms with van der Waals surface area (Å²) in [6.07, 6.45) is 0.580. The van der Waals surface area contributed by atoms with E-state index in [9.17, 15) is 30.1 Å². The van der Waals surface area contributed by atoms with Gasteiger partial charge in [-0.15, -0.1) is 0 Å². The molecule has 0 bridgehead atoms. The van der Waals surface area contributed by atoms with Crippen LogP contribution in [-0.4, -0.2) is 21.9 Å². The molecule has 0 aliphatic heterocycles. The summed E-state index contributed by atoms with van der Waals surface area (Å²) < 4.78 is 0. The molecule has 1 rings (SSSR count). The Morgan fingerprint density at radius 3 is 2.00 bits per heavy atom. The van der Waals surface area contributed by atoms with E-state index in [1.165, 1.54) is 0 Å². The molecule has 1 atom stereocenters. The van der Waals surface area contributed by atoms with Crippen LogP contribution in [0.4, 0.5) is 17.1 Å². The number of nitrogens with one attached hydrogen (secondary N) is 1. The van der Waals surface area contributed by atoms with Crippen molar-refractivity contribution in [1.82, 2.24) is 0 Å². The molecule has 20 heavy (non-hydrogen) atoms. The monoisotopic (exact) mass is 282 g/mol. The molecule has 0 aromatic heterocycles. The molecule has 0 unspecified atom stereocenters. The average molecular weight is 282 g/mol. The molecule has 108 valence electrons. The number of carboxylic acid groups (broad SMARTS) is 1. The molecule has 0 amide bonds. The number of rotatable bonds is 6. The fourth-order valence-electron chi connectivity index (χ4n) is 1.51. The Balaban J connectivity index is 3.55. The van der Waals surface area contributed by atoms with Crippen LogP contribution in [0.5, 0.6) is 0 Å². The van der Waals surface area contributed by atoms with Gasteiger partial charge in [-0.25, -0.2) is 0 Å². The van der Waals surface area contributed by atoms with Gasteiger partial charge in [0.1, 0.15) is 0 Å². The van der Waals surface area contributed by atoms with Crippen LogP contribution in [0.25, 0.3) is 0 Å². The summed E-state index contributed by atoms with van der Waals surface area (Å²) in [7, 11) is 0. The highest BCUT2D eigenvalue weighted by Crippen LogP contribution is 2.36. The lowest BCUT2D eigenvalue weighted by atomic mass is 10.1. The van der Waals surface area contributed by atoms with Crippen molar-refractivity contribution in [2.75, 3.05) is 5.32 Å². The molecule has 0 aliphatic rings. The highest BCUT2D eigenvalue weighted by molar-refractivity contribution is 5.91. The summed E-state index contributed by atoms with van der Waals surface area (Å²) in [6.45, 7) is 3.49. The molecule has 1 aromatic rings. The van der Waals surface area contributed by atoms with Gasteiger partial charge in [0.25, 0.3) is 11.4 Å². The third-order valence-corrected chi connectivity index (χ3v) is 2.73. The van der Waals surface area contributed by atoms with Gasteiger partial charge in [-0.1, -0.05) is 6.92 Å². The van der Waals surface area contributed by atoms with Crippen LogP contribution in [0.3, 0.4) is 0 Å². The van der Waals surface area contributed by atoms with Gasteiger partial charge in [0, 0.05) is 23.7 Å². The lowest BCUT2D eigenvalue weighted by molar-refractivity contribution is -0.392. The van der Waals surface area contributed by atoms with E-state index in [1.54, 1.807) is 13.8 Å². The van der Waals surface area contributed by atoms with Crippen molar-refractivity contribution in [1.29, 1.82) is 0 Å². The van der Waals surface area contributed by atoms with E-state index in [4.69, 9.17) is 0 Å². The third-order valence-electron chi connectivity index (χ3n) is 2.73. The molecule has 0 saturated heterocycles. The van der Waals surface area contributed by atoms with E-state index in [0.717, 1.165) is 12.1 Å². The second-order valence-corrected chi connectivity index (χ2v) is 4.14. The van der Waals surface area contributed by atoms with E-state index >= 15 is 0 Å². The van der Waals surface area contributed by atoms with Gasteiger partial charge in [0.05, 0.1) is 15.8 Å². The molecule has 0 fully saturated rings. The number of aromatic carboxylic acids is 1. The highest BCUT2D eigenvalue weighted by Gasteiger charge is 2.27. The summed E-state index contributed by atoms with van der Waals surface area (Å²) in [5, 5.41) is 35.4. The van der Waals surface area contributed by atoms with Gasteiger partial charge in [-0.3, -0.25) is 20.2 Å². The largest absolute Gasteiger partial charge is 0.545 e. The minimum Gasteiger partial charge on any atom is -0.545 e. The Morgan fingerprint density at radius 1 is 1.25 bits per heavy atom. The maximum absolute atomic E-state index is 11.0. The first-order valence-electron chi connectivity index (χ1n) is 5.72. The third kappa shape index (κ3) is 3.19. The van der Waals surface area contributed by atoms with E-state index in [-0.39, 0.29) is 11.7 Å². The zero-order valence-corrected chi connectivity index (χ0v) is 10.8. The fourth-order valence-corrected chi connectivity index (χ4v) is 1.51. The second kappa shape index (κ2) is 5.95. The maximum Gasteiger partial charge on any atom is 0.300 e. The SMILES string of the molecule is CC[C@H](C)Nc1c([N+](=O)[O-])cc(C(=O)[O-])cc1[N+](=O)[O-]. The number of benzene rings is 1. The Hall–Kier alpha value is -2.71.